The lowest BCUT2D eigenvalue weighted by molar-refractivity contribution is -0.148. The maximum absolute atomic E-state index is 11.7. The molecule has 0 aromatic carbocycles. The van der Waals surface area contributed by atoms with Gasteiger partial charge in [0.2, 0.25) is 0 Å². The molecule has 8 nitrogen and oxygen atoms in total. The predicted octanol–water partition coefficient (Wildman–Crippen LogP) is 1.50. The van der Waals surface area contributed by atoms with Gasteiger partial charge in [0.25, 0.3) is 11.8 Å². The summed E-state index contributed by atoms with van der Waals surface area (Å²) in [6.07, 6.45) is -0.0757. The molecule has 26 heavy (non-hydrogen) atoms. The van der Waals surface area contributed by atoms with Crippen LogP contribution in [0.3, 0.4) is 0 Å². The van der Waals surface area contributed by atoms with E-state index in [1.807, 2.05) is 17.5 Å². The third kappa shape index (κ3) is 7.03. The van der Waals surface area contributed by atoms with Crippen LogP contribution in [-0.2, 0) is 20.9 Å². The first kappa shape index (κ1) is 19.6. The van der Waals surface area contributed by atoms with Gasteiger partial charge in [0.05, 0.1) is 13.0 Å². The van der Waals surface area contributed by atoms with E-state index in [0.717, 1.165) is 4.88 Å². The third-order valence-corrected chi connectivity index (χ3v) is 4.58. The van der Waals surface area contributed by atoms with Crippen molar-refractivity contribution in [2.45, 2.75) is 13.0 Å². The van der Waals surface area contributed by atoms with Crippen molar-refractivity contribution in [2.75, 3.05) is 13.2 Å². The lowest BCUT2D eigenvalue weighted by Gasteiger charge is -2.07. The highest BCUT2D eigenvalue weighted by Gasteiger charge is 2.12. The zero-order chi connectivity index (χ0) is 18.8. The van der Waals surface area contributed by atoms with Crippen molar-refractivity contribution in [3.8, 4) is 0 Å². The summed E-state index contributed by atoms with van der Waals surface area (Å²) in [7, 11) is 0. The maximum Gasteiger partial charge on any atom is 0.321 e. The number of carbonyl (C=O) groups is 4. The van der Waals surface area contributed by atoms with Gasteiger partial charge in [-0.25, -0.2) is 4.79 Å². The summed E-state index contributed by atoms with van der Waals surface area (Å²) in [6.45, 7) is -0.166. The third-order valence-electron chi connectivity index (χ3n) is 3.02. The van der Waals surface area contributed by atoms with E-state index >= 15 is 0 Å². The van der Waals surface area contributed by atoms with Crippen LogP contribution in [0, 0.1) is 0 Å². The zero-order valence-corrected chi connectivity index (χ0v) is 15.3. The van der Waals surface area contributed by atoms with Crippen LogP contribution in [0.1, 0.15) is 21.7 Å². The number of esters is 1. The molecule has 0 unspecified atom stereocenters. The number of ether oxygens (including phenoxy) is 1. The molecule has 0 spiro atoms. The standard InChI is InChI=1S/C16H17N3O5S2/c20-13(19-16(23)18-8-12-2-1-6-26-12)9-24-14(21)3-5-17-15(22)11-4-7-25-10-11/h1-2,4,6-7,10H,3,5,8-9H2,(H,17,22)(H2,18,19,20,23). The van der Waals surface area contributed by atoms with Gasteiger partial charge < -0.3 is 15.4 Å². The molecule has 2 rings (SSSR count). The minimum atomic E-state index is -0.732. The Labute approximate surface area is 157 Å². The Hall–Kier alpha value is -2.72. The van der Waals surface area contributed by atoms with Crippen LogP contribution in [0.15, 0.2) is 34.3 Å². The molecule has 3 N–H and O–H groups in total. The van der Waals surface area contributed by atoms with E-state index in [9.17, 15) is 19.2 Å². The molecule has 0 radical (unpaired) electrons. The minimum absolute atomic E-state index is 0.0757. The molecule has 2 heterocycles. The Bertz CT molecular complexity index is 744. The van der Waals surface area contributed by atoms with E-state index in [1.54, 1.807) is 16.8 Å². The van der Waals surface area contributed by atoms with E-state index in [-0.39, 0.29) is 18.9 Å². The van der Waals surface area contributed by atoms with Gasteiger partial charge in [-0.1, -0.05) is 6.07 Å². The van der Waals surface area contributed by atoms with Gasteiger partial charge in [-0.3, -0.25) is 19.7 Å². The number of hydrogen-bond acceptors (Lipinski definition) is 7. The number of amides is 4. The normalized spacial score (nSPS) is 10.0. The van der Waals surface area contributed by atoms with Crippen molar-refractivity contribution in [1.82, 2.24) is 16.0 Å². The average molecular weight is 395 g/mol. The van der Waals surface area contributed by atoms with Crippen LogP contribution in [0.2, 0.25) is 0 Å². The molecule has 10 heteroatoms. The summed E-state index contributed by atoms with van der Waals surface area (Å²) in [4.78, 5) is 47.2. The second kappa shape index (κ2) is 10.3. The molecule has 0 atom stereocenters. The van der Waals surface area contributed by atoms with Gasteiger partial charge in [0.15, 0.2) is 6.61 Å². The van der Waals surface area contributed by atoms with Crippen LogP contribution in [-0.4, -0.2) is 37.0 Å². The summed E-state index contributed by atoms with van der Waals surface area (Å²) < 4.78 is 4.75. The second-order valence-corrected chi connectivity index (χ2v) is 6.80. The zero-order valence-electron chi connectivity index (χ0n) is 13.7. The van der Waals surface area contributed by atoms with Crippen LogP contribution < -0.4 is 16.0 Å². The minimum Gasteiger partial charge on any atom is -0.456 e. The van der Waals surface area contributed by atoms with Crippen LogP contribution >= 0.6 is 22.7 Å². The van der Waals surface area contributed by atoms with E-state index < -0.39 is 24.5 Å². The second-order valence-electron chi connectivity index (χ2n) is 4.99. The predicted molar refractivity (Wildman–Crippen MR) is 96.9 cm³/mol. The van der Waals surface area contributed by atoms with Crippen molar-refractivity contribution in [1.29, 1.82) is 0 Å². The first-order valence-electron chi connectivity index (χ1n) is 7.60. The molecule has 0 aliphatic carbocycles. The summed E-state index contributed by atoms with van der Waals surface area (Å²) in [5, 5.41) is 12.5. The quantitative estimate of drug-likeness (QED) is 0.586. The number of nitrogens with one attached hydrogen (secondary N) is 3. The maximum atomic E-state index is 11.7. The number of thiophene rings is 2. The van der Waals surface area contributed by atoms with Crippen LogP contribution in [0.25, 0.3) is 0 Å². The van der Waals surface area contributed by atoms with E-state index in [0.29, 0.717) is 12.1 Å². The van der Waals surface area contributed by atoms with E-state index in [4.69, 9.17) is 4.74 Å². The van der Waals surface area contributed by atoms with E-state index in [2.05, 4.69) is 16.0 Å². The van der Waals surface area contributed by atoms with Gasteiger partial charge in [-0.05, 0) is 22.9 Å². The van der Waals surface area contributed by atoms with Gasteiger partial charge in [0, 0.05) is 22.4 Å². The number of carbonyl (C=O) groups excluding carboxylic acids is 4. The Kier molecular flexibility index (Phi) is 7.77. The Morgan fingerprint density at radius 3 is 2.62 bits per heavy atom. The largest absolute Gasteiger partial charge is 0.456 e. The Morgan fingerprint density at radius 1 is 1.08 bits per heavy atom. The number of urea groups is 1. The number of imide groups is 1. The van der Waals surface area contributed by atoms with Crippen molar-refractivity contribution in [2.24, 2.45) is 0 Å². The molecule has 2 aromatic rings. The molecule has 138 valence electrons. The fourth-order valence-electron chi connectivity index (χ4n) is 1.78. The molecule has 0 fully saturated rings. The first-order valence-corrected chi connectivity index (χ1v) is 9.43. The average Bonchev–Trinajstić information content (AvgIpc) is 3.31. The molecular weight excluding hydrogens is 378 g/mol. The molecule has 4 amide bonds. The highest BCUT2D eigenvalue weighted by atomic mass is 32.1. The number of hydrogen-bond donors (Lipinski definition) is 3. The molecule has 0 aliphatic rings. The summed E-state index contributed by atoms with van der Waals surface area (Å²) in [6, 6.07) is 4.72. The van der Waals surface area contributed by atoms with Crippen LogP contribution in [0.5, 0.6) is 0 Å². The summed E-state index contributed by atoms with van der Waals surface area (Å²) in [5.74, 6) is -1.66. The summed E-state index contributed by atoms with van der Waals surface area (Å²) >= 11 is 2.88. The van der Waals surface area contributed by atoms with Gasteiger partial charge in [0.1, 0.15) is 0 Å². The first-order chi connectivity index (χ1) is 12.5. The van der Waals surface area contributed by atoms with Crippen molar-refractivity contribution in [3.05, 3.63) is 44.8 Å². The Balaban J connectivity index is 1.55. The fraction of sp³-hybridized carbons (Fsp3) is 0.250. The Morgan fingerprint density at radius 2 is 1.92 bits per heavy atom. The molecular formula is C16H17N3O5S2. The van der Waals surface area contributed by atoms with Crippen molar-refractivity contribution >= 4 is 46.5 Å². The number of rotatable bonds is 8. The molecule has 0 aliphatic heterocycles. The molecule has 2 aromatic heterocycles. The van der Waals surface area contributed by atoms with Crippen LogP contribution in [0.4, 0.5) is 4.79 Å². The molecule has 0 bridgehead atoms. The monoisotopic (exact) mass is 395 g/mol. The summed E-state index contributed by atoms with van der Waals surface area (Å²) in [5.41, 5.74) is 0.524. The highest BCUT2D eigenvalue weighted by Crippen LogP contribution is 2.07. The van der Waals surface area contributed by atoms with Gasteiger partial charge in [-0.15, -0.1) is 11.3 Å². The molecule has 0 saturated carbocycles. The lowest BCUT2D eigenvalue weighted by atomic mass is 10.3. The van der Waals surface area contributed by atoms with Gasteiger partial charge in [-0.2, -0.15) is 11.3 Å². The topological polar surface area (TPSA) is 114 Å². The lowest BCUT2D eigenvalue weighted by Crippen LogP contribution is -2.41. The fourth-order valence-corrected chi connectivity index (χ4v) is 3.06. The van der Waals surface area contributed by atoms with E-state index in [1.165, 1.54) is 22.7 Å². The van der Waals surface area contributed by atoms with Crippen molar-refractivity contribution < 1.29 is 23.9 Å². The van der Waals surface area contributed by atoms with Gasteiger partial charge >= 0.3 is 12.0 Å². The molecule has 0 saturated heterocycles. The SMILES string of the molecule is O=C(COC(=O)CCNC(=O)c1ccsc1)NC(=O)NCc1cccs1. The highest BCUT2D eigenvalue weighted by molar-refractivity contribution is 7.09. The van der Waals surface area contributed by atoms with Crippen molar-refractivity contribution in [3.63, 3.8) is 0 Å². The smallest absolute Gasteiger partial charge is 0.321 e.